The number of hydrogen-bond acceptors (Lipinski definition) is 4. The van der Waals surface area contributed by atoms with Crippen LogP contribution < -0.4 is 5.32 Å². The number of methoxy groups -OCH3 is 1. The van der Waals surface area contributed by atoms with E-state index in [1.165, 1.54) is 20.0 Å². The van der Waals surface area contributed by atoms with Gasteiger partial charge in [0, 0.05) is 50.5 Å². The number of nitrogens with zero attached hydrogens (tertiary/aromatic N) is 3. The van der Waals surface area contributed by atoms with Crippen molar-refractivity contribution in [2.45, 2.75) is 65.1 Å². The Balaban J connectivity index is 1.85. The maximum absolute atomic E-state index is 12.9. The third kappa shape index (κ3) is 4.09. The average molecular weight is 362 g/mol. The molecule has 1 saturated carbocycles. The van der Waals surface area contributed by atoms with Gasteiger partial charge in [0.25, 0.3) is 5.91 Å². The van der Waals surface area contributed by atoms with Gasteiger partial charge in [-0.05, 0) is 18.8 Å². The second-order valence-corrected chi connectivity index (χ2v) is 7.80. The zero-order valence-electron chi connectivity index (χ0n) is 16.1. The fourth-order valence-electron chi connectivity index (χ4n) is 3.92. The molecular weight excluding hydrogens is 332 g/mol. The topological polar surface area (TPSA) is 76.5 Å². The summed E-state index contributed by atoms with van der Waals surface area (Å²) >= 11 is 0. The molecule has 144 valence electrons. The molecule has 0 atom stereocenters. The second-order valence-electron chi connectivity index (χ2n) is 7.80. The van der Waals surface area contributed by atoms with E-state index in [0.717, 1.165) is 37.1 Å². The molecule has 7 nitrogen and oxygen atoms in total. The summed E-state index contributed by atoms with van der Waals surface area (Å²) in [5, 5.41) is 7.79. The Morgan fingerprint density at radius 2 is 2.04 bits per heavy atom. The molecule has 1 aliphatic heterocycles. The van der Waals surface area contributed by atoms with Gasteiger partial charge in [0.15, 0.2) is 5.69 Å². The number of hydrogen-bond donors (Lipinski definition) is 1. The van der Waals surface area contributed by atoms with Gasteiger partial charge in [-0.15, -0.1) is 0 Å². The SMILES string of the molecule is COCC(=O)N1CCc2c(c(C(=O)NC3CCCC3)nn2CC(C)C)C1. The van der Waals surface area contributed by atoms with Crippen molar-refractivity contribution in [3.63, 3.8) is 0 Å². The molecule has 0 spiro atoms. The third-order valence-corrected chi connectivity index (χ3v) is 5.20. The molecule has 1 aliphatic carbocycles. The Morgan fingerprint density at radius 1 is 1.31 bits per heavy atom. The molecule has 0 saturated heterocycles. The maximum Gasteiger partial charge on any atom is 0.272 e. The van der Waals surface area contributed by atoms with Crippen LogP contribution in [0.15, 0.2) is 0 Å². The molecule has 1 N–H and O–H groups in total. The monoisotopic (exact) mass is 362 g/mol. The molecule has 2 amide bonds. The van der Waals surface area contributed by atoms with Crippen LogP contribution in [0.5, 0.6) is 0 Å². The fraction of sp³-hybridized carbons (Fsp3) is 0.737. The number of aromatic nitrogens is 2. The lowest BCUT2D eigenvalue weighted by atomic mass is 10.0. The summed E-state index contributed by atoms with van der Waals surface area (Å²) in [6.45, 7) is 6.21. The largest absolute Gasteiger partial charge is 0.375 e. The van der Waals surface area contributed by atoms with Gasteiger partial charge in [-0.2, -0.15) is 5.10 Å². The van der Waals surface area contributed by atoms with Crippen LogP contribution in [0.3, 0.4) is 0 Å². The molecule has 1 aromatic rings. The summed E-state index contributed by atoms with van der Waals surface area (Å²) in [6.07, 6.45) is 5.15. The van der Waals surface area contributed by atoms with E-state index in [1.807, 2.05) is 4.68 Å². The molecule has 0 unspecified atom stereocenters. The van der Waals surface area contributed by atoms with Crippen LogP contribution in [0, 0.1) is 5.92 Å². The quantitative estimate of drug-likeness (QED) is 0.836. The number of carbonyl (C=O) groups is 2. The van der Waals surface area contributed by atoms with E-state index in [-0.39, 0.29) is 24.5 Å². The Labute approximate surface area is 155 Å². The van der Waals surface area contributed by atoms with Crippen LogP contribution in [-0.4, -0.2) is 52.8 Å². The van der Waals surface area contributed by atoms with Gasteiger partial charge < -0.3 is 15.0 Å². The summed E-state index contributed by atoms with van der Waals surface area (Å²) in [5.41, 5.74) is 2.48. The zero-order chi connectivity index (χ0) is 18.7. The van der Waals surface area contributed by atoms with Crippen molar-refractivity contribution in [1.29, 1.82) is 0 Å². The number of amides is 2. The molecule has 3 rings (SSSR count). The first-order valence-corrected chi connectivity index (χ1v) is 9.65. The average Bonchev–Trinajstić information content (AvgIpc) is 3.22. The van der Waals surface area contributed by atoms with Crippen LogP contribution in [0.4, 0.5) is 0 Å². The number of rotatable bonds is 6. The predicted molar refractivity (Wildman–Crippen MR) is 97.8 cm³/mol. The lowest BCUT2D eigenvalue weighted by Gasteiger charge is -2.28. The van der Waals surface area contributed by atoms with Gasteiger partial charge in [-0.1, -0.05) is 26.7 Å². The van der Waals surface area contributed by atoms with Crippen molar-refractivity contribution in [2.75, 3.05) is 20.3 Å². The first-order chi connectivity index (χ1) is 12.5. The molecular formula is C19H30N4O3. The lowest BCUT2D eigenvalue weighted by molar-refractivity contribution is -0.136. The second kappa shape index (κ2) is 8.20. The van der Waals surface area contributed by atoms with Crippen LogP contribution in [0.1, 0.15) is 61.3 Å². The van der Waals surface area contributed by atoms with Crippen molar-refractivity contribution in [3.8, 4) is 0 Å². The van der Waals surface area contributed by atoms with Gasteiger partial charge in [0.1, 0.15) is 6.61 Å². The smallest absolute Gasteiger partial charge is 0.272 e. The van der Waals surface area contributed by atoms with E-state index in [4.69, 9.17) is 4.74 Å². The van der Waals surface area contributed by atoms with E-state index in [1.54, 1.807) is 4.90 Å². The summed E-state index contributed by atoms with van der Waals surface area (Å²) in [5.74, 6) is 0.298. The minimum Gasteiger partial charge on any atom is -0.375 e. The Hall–Kier alpha value is -1.89. The van der Waals surface area contributed by atoms with E-state index in [2.05, 4.69) is 24.3 Å². The first kappa shape index (κ1) is 18.9. The molecule has 0 bridgehead atoms. The Kier molecular flexibility index (Phi) is 5.96. The minimum atomic E-state index is -0.100. The molecule has 1 aromatic heterocycles. The highest BCUT2D eigenvalue weighted by atomic mass is 16.5. The molecule has 1 fully saturated rings. The van der Waals surface area contributed by atoms with Crippen molar-refractivity contribution in [1.82, 2.24) is 20.0 Å². The zero-order valence-corrected chi connectivity index (χ0v) is 16.1. The predicted octanol–water partition coefficient (Wildman–Crippen LogP) is 1.74. The van der Waals surface area contributed by atoms with Crippen LogP contribution in [0.25, 0.3) is 0 Å². The van der Waals surface area contributed by atoms with E-state index in [0.29, 0.717) is 24.7 Å². The standard InChI is InChI=1S/C19H30N4O3/c1-13(2)10-23-16-8-9-22(17(24)12-26-3)11-15(16)18(21-23)19(25)20-14-6-4-5-7-14/h13-14H,4-12H2,1-3H3,(H,20,25). The van der Waals surface area contributed by atoms with Crippen LogP contribution in [0.2, 0.25) is 0 Å². The minimum absolute atomic E-state index is 0.0445. The highest BCUT2D eigenvalue weighted by Gasteiger charge is 2.31. The summed E-state index contributed by atoms with van der Waals surface area (Å²) < 4.78 is 6.95. The summed E-state index contributed by atoms with van der Waals surface area (Å²) in [6, 6.07) is 0.253. The fourth-order valence-corrected chi connectivity index (χ4v) is 3.92. The Morgan fingerprint density at radius 3 is 2.69 bits per heavy atom. The van der Waals surface area contributed by atoms with Gasteiger partial charge >= 0.3 is 0 Å². The van der Waals surface area contributed by atoms with Gasteiger partial charge in [0.05, 0.1) is 0 Å². The van der Waals surface area contributed by atoms with Crippen molar-refractivity contribution < 1.29 is 14.3 Å². The van der Waals surface area contributed by atoms with Crippen LogP contribution >= 0.6 is 0 Å². The van der Waals surface area contributed by atoms with Crippen molar-refractivity contribution >= 4 is 11.8 Å². The molecule has 2 heterocycles. The molecule has 0 aromatic carbocycles. The molecule has 26 heavy (non-hydrogen) atoms. The maximum atomic E-state index is 12.9. The lowest BCUT2D eigenvalue weighted by Crippen LogP contribution is -2.39. The van der Waals surface area contributed by atoms with E-state index >= 15 is 0 Å². The van der Waals surface area contributed by atoms with E-state index in [9.17, 15) is 9.59 Å². The Bertz CT molecular complexity index is 662. The summed E-state index contributed by atoms with van der Waals surface area (Å²) in [7, 11) is 1.52. The summed E-state index contributed by atoms with van der Waals surface area (Å²) in [4.78, 5) is 26.8. The highest BCUT2D eigenvalue weighted by molar-refractivity contribution is 5.94. The third-order valence-electron chi connectivity index (χ3n) is 5.20. The van der Waals surface area contributed by atoms with Crippen molar-refractivity contribution in [2.24, 2.45) is 5.92 Å². The number of ether oxygens (including phenoxy) is 1. The van der Waals surface area contributed by atoms with E-state index < -0.39 is 0 Å². The first-order valence-electron chi connectivity index (χ1n) is 9.65. The molecule has 7 heteroatoms. The van der Waals surface area contributed by atoms with Gasteiger partial charge in [-0.3, -0.25) is 14.3 Å². The molecule has 0 radical (unpaired) electrons. The van der Waals surface area contributed by atoms with Crippen LogP contribution in [-0.2, 0) is 29.0 Å². The van der Waals surface area contributed by atoms with Gasteiger partial charge in [0.2, 0.25) is 5.91 Å². The molecule has 2 aliphatic rings. The number of carbonyl (C=O) groups excluding carboxylic acids is 2. The van der Waals surface area contributed by atoms with Gasteiger partial charge in [-0.25, -0.2) is 0 Å². The van der Waals surface area contributed by atoms with Crippen molar-refractivity contribution in [3.05, 3.63) is 17.0 Å². The highest BCUT2D eigenvalue weighted by Crippen LogP contribution is 2.25. The number of fused-ring (bicyclic) bond motifs is 1. The normalized spacial score (nSPS) is 17.6. The number of nitrogens with one attached hydrogen (secondary N) is 1.